The molecule has 0 radical (unpaired) electrons. The minimum atomic E-state index is -0.756. The molecule has 2 aromatic carbocycles. The first-order valence-electron chi connectivity index (χ1n) is 11.3. The van der Waals surface area contributed by atoms with Gasteiger partial charge in [-0.25, -0.2) is 4.68 Å². The molecule has 35 heavy (non-hydrogen) atoms. The fourth-order valence-corrected chi connectivity index (χ4v) is 5.06. The molecule has 1 fully saturated rings. The van der Waals surface area contributed by atoms with Gasteiger partial charge in [0.05, 0.1) is 11.7 Å². The van der Waals surface area contributed by atoms with Crippen LogP contribution in [0.1, 0.15) is 32.0 Å². The zero-order valence-electron chi connectivity index (χ0n) is 19.3. The predicted octanol–water partition coefficient (Wildman–Crippen LogP) is 4.79. The second kappa shape index (κ2) is 9.23. The van der Waals surface area contributed by atoms with Crippen molar-refractivity contribution in [2.75, 3.05) is 11.4 Å². The van der Waals surface area contributed by atoms with Crippen molar-refractivity contribution in [1.82, 2.24) is 24.9 Å². The standard InChI is InChI=1S/C25H24Br2N6O2/c1-25(2,28-23(34)15-31-11-9-16-13-18(27)5-8-20(16)31)22-14-33(30-29-22)21-10-12-32(24(21)35)19-6-3-17(26)4-7-19/h3-9,11,13-14,21H,10,12,15H2,1-2H3,(H,28,34). The van der Waals surface area contributed by atoms with Crippen molar-refractivity contribution in [3.05, 3.63) is 75.6 Å². The lowest BCUT2D eigenvalue weighted by Gasteiger charge is -2.24. The van der Waals surface area contributed by atoms with E-state index < -0.39 is 11.6 Å². The smallest absolute Gasteiger partial charge is 0.251 e. The Morgan fingerprint density at radius 2 is 1.86 bits per heavy atom. The number of hydrogen-bond acceptors (Lipinski definition) is 4. The van der Waals surface area contributed by atoms with Crippen molar-refractivity contribution in [2.24, 2.45) is 0 Å². The average molecular weight is 600 g/mol. The summed E-state index contributed by atoms with van der Waals surface area (Å²) in [5.41, 5.74) is 1.69. The van der Waals surface area contributed by atoms with Gasteiger partial charge in [0, 0.05) is 38.3 Å². The van der Waals surface area contributed by atoms with Crippen LogP contribution >= 0.6 is 31.9 Å². The van der Waals surface area contributed by atoms with E-state index in [-0.39, 0.29) is 18.4 Å². The lowest BCUT2D eigenvalue weighted by atomic mass is 10.0. The van der Waals surface area contributed by atoms with Crippen LogP contribution in [0.15, 0.2) is 69.9 Å². The Labute approximate surface area is 219 Å². The van der Waals surface area contributed by atoms with E-state index in [1.165, 1.54) is 0 Å². The summed E-state index contributed by atoms with van der Waals surface area (Å²) >= 11 is 6.90. The molecule has 1 saturated heterocycles. The molecule has 180 valence electrons. The van der Waals surface area contributed by atoms with Gasteiger partial charge >= 0.3 is 0 Å². The number of fused-ring (bicyclic) bond motifs is 1. The largest absolute Gasteiger partial charge is 0.344 e. The second-order valence-corrected chi connectivity index (χ2v) is 11.0. The lowest BCUT2D eigenvalue weighted by Crippen LogP contribution is -2.42. The van der Waals surface area contributed by atoms with Crippen LogP contribution in [-0.2, 0) is 21.7 Å². The van der Waals surface area contributed by atoms with Crippen molar-refractivity contribution in [1.29, 1.82) is 0 Å². The number of benzene rings is 2. The highest BCUT2D eigenvalue weighted by molar-refractivity contribution is 9.10. The van der Waals surface area contributed by atoms with E-state index in [9.17, 15) is 9.59 Å². The summed E-state index contributed by atoms with van der Waals surface area (Å²) in [6.07, 6.45) is 4.31. The molecular formula is C25H24Br2N6O2. The van der Waals surface area contributed by atoms with Gasteiger partial charge in [-0.3, -0.25) is 9.59 Å². The average Bonchev–Trinajstić information content (AvgIpc) is 3.53. The van der Waals surface area contributed by atoms with Crippen LogP contribution in [0.3, 0.4) is 0 Å². The maximum Gasteiger partial charge on any atom is 0.251 e. The Balaban J connectivity index is 1.27. The van der Waals surface area contributed by atoms with Gasteiger partial charge in [-0.2, -0.15) is 0 Å². The maximum absolute atomic E-state index is 13.1. The van der Waals surface area contributed by atoms with E-state index >= 15 is 0 Å². The summed E-state index contributed by atoms with van der Waals surface area (Å²) < 4.78 is 5.49. The number of hydrogen-bond donors (Lipinski definition) is 1. The van der Waals surface area contributed by atoms with E-state index in [0.717, 1.165) is 25.5 Å². The SMILES string of the molecule is CC(C)(NC(=O)Cn1ccc2cc(Br)ccc21)c1cn(C2CCN(c3ccc(Br)cc3)C2=O)nn1. The van der Waals surface area contributed by atoms with Gasteiger partial charge in [0.25, 0.3) is 5.91 Å². The molecule has 0 saturated carbocycles. The number of amides is 2. The molecule has 8 nitrogen and oxygen atoms in total. The minimum absolute atomic E-state index is 0.0169. The zero-order chi connectivity index (χ0) is 24.7. The lowest BCUT2D eigenvalue weighted by molar-refractivity contribution is -0.123. The molecule has 4 aromatic rings. The van der Waals surface area contributed by atoms with E-state index in [1.807, 2.05) is 73.1 Å². The summed E-state index contributed by atoms with van der Waals surface area (Å²) in [5, 5.41) is 12.7. The summed E-state index contributed by atoms with van der Waals surface area (Å²) in [5.74, 6) is -0.153. The van der Waals surface area contributed by atoms with Crippen LogP contribution < -0.4 is 10.2 Å². The number of halogens is 2. The van der Waals surface area contributed by atoms with Gasteiger partial charge in [-0.15, -0.1) is 5.10 Å². The Morgan fingerprint density at radius 1 is 1.11 bits per heavy atom. The van der Waals surface area contributed by atoms with Crippen LogP contribution in [0.4, 0.5) is 5.69 Å². The summed E-state index contributed by atoms with van der Waals surface area (Å²) in [6, 6.07) is 15.2. The quantitative estimate of drug-likeness (QED) is 0.345. The number of nitrogens with zero attached hydrogens (tertiary/aromatic N) is 5. The van der Waals surface area contributed by atoms with Crippen molar-refractivity contribution in [2.45, 2.75) is 38.4 Å². The Hall–Kier alpha value is -2.98. The van der Waals surface area contributed by atoms with Crippen LogP contribution in [-0.4, -0.2) is 37.9 Å². The second-order valence-electron chi connectivity index (χ2n) is 9.17. The monoisotopic (exact) mass is 598 g/mol. The highest BCUT2D eigenvalue weighted by atomic mass is 79.9. The van der Waals surface area contributed by atoms with Crippen molar-refractivity contribution in [3.63, 3.8) is 0 Å². The zero-order valence-corrected chi connectivity index (χ0v) is 22.5. The van der Waals surface area contributed by atoms with Crippen molar-refractivity contribution < 1.29 is 9.59 Å². The number of carbonyl (C=O) groups is 2. The molecule has 1 atom stereocenters. The maximum atomic E-state index is 13.1. The molecule has 10 heteroatoms. The molecule has 1 aliphatic heterocycles. The fraction of sp³-hybridized carbons (Fsp3) is 0.280. The number of nitrogens with one attached hydrogen (secondary N) is 1. The van der Waals surface area contributed by atoms with E-state index in [0.29, 0.717) is 18.7 Å². The van der Waals surface area contributed by atoms with Crippen LogP contribution in [0.5, 0.6) is 0 Å². The van der Waals surface area contributed by atoms with Crippen molar-refractivity contribution in [3.8, 4) is 0 Å². The third-order valence-corrected chi connectivity index (χ3v) is 7.31. The van der Waals surface area contributed by atoms with Gasteiger partial charge in [0.2, 0.25) is 5.91 Å². The third kappa shape index (κ3) is 4.77. The Kier molecular flexibility index (Phi) is 6.27. The molecular weight excluding hydrogens is 576 g/mol. The van der Waals surface area contributed by atoms with Gasteiger partial charge in [-0.1, -0.05) is 37.1 Å². The minimum Gasteiger partial charge on any atom is -0.344 e. The predicted molar refractivity (Wildman–Crippen MR) is 141 cm³/mol. The first-order chi connectivity index (χ1) is 16.7. The third-order valence-electron chi connectivity index (χ3n) is 6.28. The first-order valence-corrected chi connectivity index (χ1v) is 12.8. The number of aromatic nitrogens is 4. The molecule has 2 aromatic heterocycles. The molecule has 0 spiro atoms. The highest BCUT2D eigenvalue weighted by Gasteiger charge is 2.36. The van der Waals surface area contributed by atoms with Crippen LogP contribution in [0, 0.1) is 0 Å². The summed E-state index contributed by atoms with van der Waals surface area (Å²) in [6.45, 7) is 4.57. The van der Waals surface area contributed by atoms with E-state index in [1.54, 1.807) is 15.8 Å². The highest BCUT2D eigenvalue weighted by Crippen LogP contribution is 2.30. The normalized spacial score (nSPS) is 16.3. The van der Waals surface area contributed by atoms with Crippen LogP contribution in [0.2, 0.25) is 0 Å². The topological polar surface area (TPSA) is 85.0 Å². The first kappa shape index (κ1) is 23.7. The van der Waals surface area contributed by atoms with E-state index in [4.69, 9.17) is 0 Å². The van der Waals surface area contributed by atoms with Crippen LogP contribution in [0.25, 0.3) is 10.9 Å². The van der Waals surface area contributed by atoms with Gasteiger partial charge in [0.1, 0.15) is 18.3 Å². The van der Waals surface area contributed by atoms with Crippen molar-refractivity contribution >= 4 is 60.3 Å². The number of carbonyl (C=O) groups excluding carboxylic acids is 2. The molecule has 2 amide bonds. The molecule has 1 N–H and O–H groups in total. The molecule has 1 unspecified atom stereocenters. The molecule has 1 aliphatic rings. The van der Waals surface area contributed by atoms with Gasteiger partial charge in [0.15, 0.2) is 0 Å². The molecule has 0 bridgehead atoms. The summed E-state index contributed by atoms with van der Waals surface area (Å²) in [4.78, 5) is 27.7. The molecule has 3 heterocycles. The fourth-order valence-electron chi connectivity index (χ4n) is 4.42. The number of rotatable bonds is 6. The van der Waals surface area contributed by atoms with Gasteiger partial charge < -0.3 is 14.8 Å². The number of anilines is 1. The molecule has 0 aliphatic carbocycles. The van der Waals surface area contributed by atoms with Gasteiger partial charge in [-0.05, 0) is 68.8 Å². The Morgan fingerprint density at radius 3 is 2.63 bits per heavy atom. The Bertz CT molecular complexity index is 1410. The summed E-state index contributed by atoms with van der Waals surface area (Å²) in [7, 11) is 0. The van der Waals surface area contributed by atoms with E-state index in [2.05, 4.69) is 47.5 Å². The molecule has 5 rings (SSSR count).